The van der Waals surface area contributed by atoms with E-state index in [2.05, 4.69) is 11.9 Å². The Morgan fingerprint density at radius 1 is 1.12 bits per heavy atom. The van der Waals surface area contributed by atoms with Crippen molar-refractivity contribution in [2.24, 2.45) is 5.73 Å². The number of nitrogens with zero attached hydrogens (tertiary/aromatic N) is 1. The normalized spacial score (nSPS) is 18.8. The topological polar surface area (TPSA) is 98.9 Å². The van der Waals surface area contributed by atoms with Crippen LogP contribution >= 0.6 is 0 Å². The lowest BCUT2D eigenvalue weighted by Crippen LogP contribution is -2.53. The van der Waals surface area contributed by atoms with E-state index in [0.717, 1.165) is 18.7 Å². The number of carbonyl (C=O) groups is 2. The predicted octanol–water partition coefficient (Wildman–Crippen LogP) is 2.54. The van der Waals surface area contributed by atoms with Gasteiger partial charge >= 0.3 is 0 Å². The van der Waals surface area contributed by atoms with Crippen LogP contribution in [0.2, 0.25) is 0 Å². The van der Waals surface area contributed by atoms with Gasteiger partial charge in [0.2, 0.25) is 11.8 Å². The van der Waals surface area contributed by atoms with Gasteiger partial charge in [0.25, 0.3) is 0 Å². The molecule has 0 spiro atoms. The number of anilines is 1. The van der Waals surface area contributed by atoms with E-state index >= 15 is 0 Å². The first-order chi connectivity index (χ1) is 15.8. The molecule has 1 unspecified atom stereocenters. The van der Waals surface area contributed by atoms with E-state index in [-0.39, 0.29) is 5.91 Å². The second-order valence-electron chi connectivity index (χ2n) is 8.49. The molecule has 2 aliphatic rings. The zero-order chi connectivity index (χ0) is 23.5. The van der Waals surface area contributed by atoms with Gasteiger partial charge in [-0.25, -0.2) is 0 Å². The van der Waals surface area contributed by atoms with Crippen molar-refractivity contribution in [3.05, 3.63) is 54.1 Å². The molecule has 7 nitrogen and oxygen atoms in total. The summed E-state index contributed by atoms with van der Waals surface area (Å²) in [6.07, 6.45) is 2.47. The second kappa shape index (κ2) is 9.57. The summed E-state index contributed by atoms with van der Waals surface area (Å²) >= 11 is 0. The lowest BCUT2D eigenvalue weighted by molar-refractivity contribution is -0.122. The molecule has 8 heteroatoms. The number of primary amides is 1. The zero-order valence-corrected chi connectivity index (χ0v) is 19.5. The first kappa shape index (κ1) is 23.3. The fourth-order valence-electron chi connectivity index (χ4n) is 4.57. The smallest absolute Gasteiger partial charge is 0.236 e. The van der Waals surface area contributed by atoms with Gasteiger partial charge in [0.1, 0.15) is 10.5 Å². The highest BCUT2D eigenvalue weighted by Crippen LogP contribution is 2.35. The van der Waals surface area contributed by atoms with Crippen LogP contribution < -0.4 is 15.4 Å². The Morgan fingerprint density at radius 3 is 2.52 bits per heavy atom. The van der Waals surface area contributed by atoms with E-state index < -0.39 is 20.2 Å². The summed E-state index contributed by atoms with van der Waals surface area (Å²) < 4.78 is 23.5. The van der Waals surface area contributed by atoms with Gasteiger partial charge in [0.05, 0.1) is 6.61 Å². The zero-order valence-electron chi connectivity index (χ0n) is 18.7. The van der Waals surface area contributed by atoms with Gasteiger partial charge in [0.15, 0.2) is 0 Å². The molecule has 2 N–H and O–H groups in total. The number of hydrogen-bond donors (Lipinski definition) is 1. The summed E-state index contributed by atoms with van der Waals surface area (Å²) in [5.74, 6) is 4.03. The monoisotopic (exact) mass is 470 g/mol. The first-order valence-corrected chi connectivity index (χ1v) is 12.9. The summed E-state index contributed by atoms with van der Waals surface area (Å²) in [5.41, 5.74) is 7.88. The number of ether oxygens (including phenoxy) is 2. The third-order valence-corrected chi connectivity index (χ3v) is 9.48. The summed E-state index contributed by atoms with van der Waals surface area (Å²) in [5, 5.41) is 0. The van der Waals surface area contributed by atoms with Crippen molar-refractivity contribution in [2.45, 2.75) is 41.7 Å². The predicted molar refractivity (Wildman–Crippen MR) is 129 cm³/mol. The Morgan fingerprint density at radius 2 is 1.82 bits per heavy atom. The SMILES string of the molecule is C=S(=O)(c1ccc(OCCCC(=O)N2CCc3ccccc32)cc1)C1(C(N)=O)CCOCC1. The van der Waals surface area contributed by atoms with Crippen LogP contribution in [0.15, 0.2) is 53.4 Å². The van der Waals surface area contributed by atoms with Crippen molar-refractivity contribution < 1.29 is 23.3 Å². The van der Waals surface area contributed by atoms with Gasteiger partial charge in [0, 0.05) is 46.3 Å². The van der Waals surface area contributed by atoms with Gasteiger partial charge < -0.3 is 20.1 Å². The van der Waals surface area contributed by atoms with Crippen LogP contribution in [0.4, 0.5) is 5.69 Å². The minimum Gasteiger partial charge on any atom is -0.494 e. The molecule has 176 valence electrons. The molecule has 2 aliphatic heterocycles. The van der Waals surface area contributed by atoms with Crippen molar-refractivity contribution in [1.29, 1.82) is 0 Å². The molecule has 0 saturated carbocycles. The van der Waals surface area contributed by atoms with Crippen LogP contribution in [0, 0.1) is 0 Å². The van der Waals surface area contributed by atoms with Crippen LogP contribution in [0.5, 0.6) is 5.75 Å². The Hall–Kier alpha value is -2.84. The maximum absolute atomic E-state index is 13.6. The van der Waals surface area contributed by atoms with E-state index in [4.69, 9.17) is 15.2 Å². The molecule has 0 aromatic heterocycles. The highest BCUT2D eigenvalue weighted by atomic mass is 32.2. The van der Waals surface area contributed by atoms with E-state index in [1.54, 1.807) is 24.3 Å². The number of fused-ring (bicyclic) bond motifs is 1. The van der Waals surface area contributed by atoms with Crippen molar-refractivity contribution in [1.82, 2.24) is 0 Å². The van der Waals surface area contributed by atoms with Crippen LogP contribution in [0.1, 0.15) is 31.2 Å². The van der Waals surface area contributed by atoms with Gasteiger partial charge in [-0.05, 0) is 67.4 Å². The minimum absolute atomic E-state index is 0.101. The Kier molecular flexibility index (Phi) is 6.76. The number of carbonyl (C=O) groups excluding carboxylic acids is 2. The summed E-state index contributed by atoms with van der Waals surface area (Å²) in [4.78, 5) is 27.2. The van der Waals surface area contributed by atoms with E-state index in [1.165, 1.54) is 5.56 Å². The van der Waals surface area contributed by atoms with E-state index in [9.17, 15) is 13.8 Å². The molecular formula is C25H30N2O5S. The number of rotatable bonds is 8. The Labute approximate surface area is 194 Å². The molecule has 0 aliphatic carbocycles. The summed E-state index contributed by atoms with van der Waals surface area (Å²) in [6, 6.07) is 14.8. The van der Waals surface area contributed by atoms with Crippen molar-refractivity contribution >= 4 is 32.9 Å². The molecule has 0 radical (unpaired) electrons. The summed E-state index contributed by atoms with van der Waals surface area (Å²) in [7, 11) is -2.97. The molecule has 2 aromatic carbocycles. The average Bonchev–Trinajstić information content (AvgIpc) is 3.26. The first-order valence-electron chi connectivity index (χ1n) is 11.2. The van der Waals surface area contributed by atoms with Crippen molar-refractivity contribution in [3.8, 4) is 5.75 Å². The number of hydrogen-bond acceptors (Lipinski definition) is 5. The quantitative estimate of drug-likeness (QED) is 0.472. The highest BCUT2D eigenvalue weighted by molar-refractivity contribution is 8.02. The Bertz CT molecular complexity index is 1120. The standard InChI is InChI=1S/C25H30N2O5S/c1-33(30,25(24(26)29)13-17-31-18-14-25)21-10-8-20(9-11-21)32-16-4-7-23(28)27-15-12-19-5-2-3-6-22(19)27/h2-3,5-6,8-11H,1,4,7,12-18H2,(H2,26,29). The molecule has 2 aromatic rings. The van der Waals surface area contributed by atoms with Crippen LogP contribution in [0.3, 0.4) is 0 Å². The summed E-state index contributed by atoms with van der Waals surface area (Å²) in [6.45, 7) is 1.78. The fraction of sp³-hybridized carbons (Fsp3) is 0.400. The van der Waals surface area contributed by atoms with Crippen LogP contribution in [-0.2, 0) is 30.3 Å². The molecule has 1 fully saturated rings. The second-order valence-corrected chi connectivity index (χ2v) is 11.1. The van der Waals surface area contributed by atoms with Crippen molar-refractivity contribution in [2.75, 3.05) is 31.3 Å². The molecule has 2 amide bonds. The molecule has 2 heterocycles. The van der Waals surface area contributed by atoms with Crippen LogP contribution in [-0.4, -0.2) is 53.0 Å². The molecule has 33 heavy (non-hydrogen) atoms. The maximum atomic E-state index is 13.6. The maximum Gasteiger partial charge on any atom is 0.236 e. The van der Waals surface area contributed by atoms with Gasteiger partial charge in [-0.2, -0.15) is 0 Å². The fourth-order valence-corrected chi connectivity index (χ4v) is 6.74. The lowest BCUT2D eigenvalue weighted by atomic mass is 9.98. The number of nitrogens with two attached hydrogens (primary N) is 1. The highest BCUT2D eigenvalue weighted by Gasteiger charge is 2.46. The number of para-hydroxylation sites is 1. The van der Waals surface area contributed by atoms with E-state index in [0.29, 0.717) is 56.1 Å². The van der Waals surface area contributed by atoms with Crippen LogP contribution in [0.25, 0.3) is 0 Å². The van der Waals surface area contributed by atoms with Gasteiger partial charge in [-0.1, -0.05) is 18.2 Å². The largest absolute Gasteiger partial charge is 0.494 e. The minimum atomic E-state index is -2.97. The molecular weight excluding hydrogens is 440 g/mol. The average molecular weight is 471 g/mol. The number of benzene rings is 2. The Balaban J connectivity index is 1.32. The molecule has 0 bridgehead atoms. The van der Waals surface area contributed by atoms with Crippen molar-refractivity contribution in [3.63, 3.8) is 0 Å². The molecule has 1 atom stereocenters. The molecule has 1 saturated heterocycles. The van der Waals surface area contributed by atoms with E-state index in [1.807, 2.05) is 23.1 Å². The third kappa shape index (κ3) is 4.50. The number of amides is 2. The van der Waals surface area contributed by atoms with Gasteiger partial charge in [-0.3, -0.25) is 13.8 Å². The van der Waals surface area contributed by atoms with Gasteiger partial charge in [-0.15, -0.1) is 0 Å². The lowest BCUT2D eigenvalue weighted by Gasteiger charge is -2.37. The third-order valence-electron chi connectivity index (χ3n) is 6.58. The molecule has 4 rings (SSSR count).